The number of rotatable bonds is 9. The minimum absolute atomic E-state index is 0.0140. The molecule has 1 heterocycles. The number of ether oxygens (including phenoxy) is 4. The molecule has 0 aliphatic heterocycles. The number of methoxy groups -OCH3 is 1. The second kappa shape index (κ2) is 10.5. The molecule has 0 radical (unpaired) electrons. The van der Waals surface area contributed by atoms with Gasteiger partial charge in [0.15, 0.2) is 11.5 Å². The molecule has 0 bridgehead atoms. The van der Waals surface area contributed by atoms with Crippen LogP contribution in [0.1, 0.15) is 32.1 Å². The van der Waals surface area contributed by atoms with Crippen LogP contribution in [0.4, 0.5) is 4.39 Å². The maximum absolute atomic E-state index is 13.5. The quantitative estimate of drug-likeness (QED) is 0.466. The van der Waals surface area contributed by atoms with Crippen LogP contribution in [0.3, 0.4) is 0 Å². The Hall–Kier alpha value is -3.39. The molecule has 8 heteroatoms. The van der Waals surface area contributed by atoms with Gasteiger partial charge in [0, 0.05) is 30.1 Å². The number of fused-ring (bicyclic) bond motifs is 1. The Morgan fingerprint density at radius 2 is 1.97 bits per heavy atom. The molecular formula is C25H27FN2O5. The minimum atomic E-state index is -0.749. The summed E-state index contributed by atoms with van der Waals surface area (Å²) in [5, 5.41) is 0.683. The number of pyridine rings is 1. The van der Waals surface area contributed by atoms with Gasteiger partial charge < -0.3 is 24.7 Å². The predicted molar refractivity (Wildman–Crippen MR) is 121 cm³/mol. The van der Waals surface area contributed by atoms with E-state index in [4.69, 9.17) is 24.7 Å². The average molecular weight is 454 g/mol. The first-order chi connectivity index (χ1) is 16.0. The topological polar surface area (TPSA) is 92.9 Å². The zero-order valence-corrected chi connectivity index (χ0v) is 18.5. The number of esters is 1. The first-order valence-electron chi connectivity index (χ1n) is 11.0. The lowest BCUT2D eigenvalue weighted by Gasteiger charge is -2.17. The molecule has 1 aromatic heterocycles. The summed E-state index contributed by atoms with van der Waals surface area (Å²) in [7, 11) is 1.53. The third kappa shape index (κ3) is 5.70. The monoisotopic (exact) mass is 454 g/mol. The molecule has 4 rings (SSSR count). The largest absolute Gasteiger partial charge is 0.493 e. The fraction of sp³-hybridized carbons (Fsp3) is 0.360. The van der Waals surface area contributed by atoms with Crippen molar-refractivity contribution < 1.29 is 28.1 Å². The summed E-state index contributed by atoms with van der Waals surface area (Å²) in [6, 6.07) is 10.3. The normalized spacial score (nSPS) is 14.8. The number of hydrogen-bond acceptors (Lipinski definition) is 7. The van der Waals surface area contributed by atoms with Crippen molar-refractivity contribution in [2.24, 2.45) is 5.73 Å². The van der Waals surface area contributed by atoms with Gasteiger partial charge in [-0.3, -0.25) is 9.78 Å². The van der Waals surface area contributed by atoms with Crippen LogP contribution < -0.4 is 19.9 Å². The van der Waals surface area contributed by atoms with Gasteiger partial charge in [0.2, 0.25) is 0 Å². The highest BCUT2D eigenvalue weighted by Crippen LogP contribution is 2.37. The number of hydrogen-bond donors (Lipinski definition) is 1. The van der Waals surface area contributed by atoms with E-state index in [0.717, 1.165) is 25.7 Å². The highest BCUT2D eigenvalue weighted by molar-refractivity contribution is 5.88. The van der Waals surface area contributed by atoms with Crippen LogP contribution in [0.2, 0.25) is 0 Å². The van der Waals surface area contributed by atoms with Crippen LogP contribution in [0.15, 0.2) is 48.7 Å². The van der Waals surface area contributed by atoms with Crippen LogP contribution in [0, 0.1) is 5.82 Å². The van der Waals surface area contributed by atoms with Crippen LogP contribution in [0.25, 0.3) is 10.9 Å². The molecule has 1 atom stereocenters. The molecule has 1 aliphatic rings. The lowest BCUT2D eigenvalue weighted by atomic mass is 10.1. The molecule has 1 aliphatic carbocycles. The second-order valence-electron chi connectivity index (χ2n) is 7.98. The molecule has 0 spiro atoms. The van der Waals surface area contributed by atoms with Gasteiger partial charge in [-0.15, -0.1) is 0 Å². The fourth-order valence-corrected chi connectivity index (χ4v) is 3.82. The van der Waals surface area contributed by atoms with Gasteiger partial charge in [-0.2, -0.15) is 0 Å². The lowest BCUT2D eigenvalue weighted by Crippen LogP contribution is -2.35. The standard InChI is InChI=1S/C25H27FN2O5/c1-30-23-14-19-21(28-11-9-22(19)32-18-8-4-5-16(26)13-18)15-24(23)31-12-10-20(27)25(29)33-17-6-2-3-7-17/h4-5,8-9,11,13-15,17,20H,2-3,6-7,10,12,27H2,1H3/t20-/m0/s1. The zero-order valence-electron chi connectivity index (χ0n) is 18.5. The Morgan fingerprint density at radius 3 is 2.73 bits per heavy atom. The molecule has 0 unspecified atom stereocenters. The van der Waals surface area contributed by atoms with Crippen molar-refractivity contribution >= 4 is 16.9 Å². The van der Waals surface area contributed by atoms with Crippen molar-refractivity contribution in [3.05, 3.63) is 54.5 Å². The number of aromatic nitrogens is 1. The van der Waals surface area contributed by atoms with E-state index in [9.17, 15) is 9.18 Å². The van der Waals surface area contributed by atoms with Crippen molar-refractivity contribution in [2.75, 3.05) is 13.7 Å². The van der Waals surface area contributed by atoms with E-state index in [0.29, 0.717) is 40.3 Å². The summed E-state index contributed by atoms with van der Waals surface area (Å²) >= 11 is 0. The van der Waals surface area contributed by atoms with E-state index in [1.165, 1.54) is 19.2 Å². The molecule has 2 N–H and O–H groups in total. The zero-order chi connectivity index (χ0) is 23.2. The fourth-order valence-electron chi connectivity index (χ4n) is 3.82. The van der Waals surface area contributed by atoms with Crippen molar-refractivity contribution in [3.8, 4) is 23.0 Å². The molecule has 3 aromatic rings. The van der Waals surface area contributed by atoms with E-state index < -0.39 is 12.0 Å². The van der Waals surface area contributed by atoms with Gasteiger partial charge >= 0.3 is 5.97 Å². The Morgan fingerprint density at radius 1 is 1.15 bits per heavy atom. The van der Waals surface area contributed by atoms with Crippen molar-refractivity contribution in [1.82, 2.24) is 4.98 Å². The number of halogens is 1. The van der Waals surface area contributed by atoms with E-state index in [-0.39, 0.29) is 18.5 Å². The minimum Gasteiger partial charge on any atom is -0.493 e. The van der Waals surface area contributed by atoms with E-state index >= 15 is 0 Å². The van der Waals surface area contributed by atoms with Gasteiger partial charge in [0.1, 0.15) is 29.5 Å². The van der Waals surface area contributed by atoms with Gasteiger partial charge in [-0.25, -0.2) is 4.39 Å². The number of nitrogens with zero attached hydrogens (tertiary/aromatic N) is 1. The number of nitrogens with two attached hydrogens (primary N) is 1. The summed E-state index contributed by atoms with van der Waals surface area (Å²) in [4.78, 5) is 16.6. The van der Waals surface area contributed by atoms with Crippen LogP contribution in [0.5, 0.6) is 23.0 Å². The van der Waals surface area contributed by atoms with Crippen LogP contribution >= 0.6 is 0 Å². The van der Waals surface area contributed by atoms with Gasteiger partial charge in [0.05, 0.1) is 19.2 Å². The Balaban J connectivity index is 1.44. The predicted octanol–water partition coefficient (Wildman–Crippen LogP) is 4.76. The summed E-state index contributed by atoms with van der Waals surface area (Å²) in [5.74, 6) is 1.05. The number of benzene rings is 2. The van der Waals surface area contributed by atoms with Crippen LogP contribution in [-0.4, -0.2) is 36.8 Å². The number of carbonyl (C=O) groups is 1. The summed E-state index contributed by atoms with van der Waals surface area (Å²) < 4.78 is 36.2. The Kier molecular flexibility index (Phi) is 7.24. The van der Waals surface area contributed by atoms with Crippen molar-refractivity contribution in [3.63, 3.8) is 0 Å². The van der Waals surface area contributed by atoms with E-state index in [1.54, 1.807) is 36.5 Å². The average Bonchev–Trinajstić information content (AvgIpc) is 3.32. The maximum Gasteiger partial charge on any atom is 0.323 e. The smallest absolute Gasteiger partial charge is 0.323 e. The SMILES string of the molecule is COc1cc2c(Oc3cccc(F)c3)ccnc2cc1OCC[C@H](N)C(=O)OC1CCCC1. The Bertz CT molecular complexity index is 1120. The molecular weight excluding hydrogens is 427 g/mol. The highest BCUT2D eigenvalue weighted by Gasteiger charge is 2.23. The van der Waals surface area contributed by atoms with E-state index in [2.05, 4.69) is 4.98 Å². The molecule has 174 valence electrons. The van der Waals surface area contributed by atoms with Gasteiger partial charge in [-0.05, 0) is 49.9 Å². The summed E-state index contributed by atoms with van der Waals surface area (Å²) in [6.07, 6.45) is 5.87. The summed E-state index contributed by atoms with van der Waals surface area (Å²) in [5.41, 5.74) is 6.60. The van der Waals surface area contributed by atoms with Gasteiger partial charge in [0.25, 0.3) is 0 Å². The van der Waals surface area contributed by atoms with Crippen molar-refractivity contribution in [2.45, 2.75) is 44.2 Å². The molecule has 0 amide bonds. The Labute approximate surface area is 191 Å². The molecule has 33 heavy (non-hydrogen) atoms. The molecule has 1 fully saturated rings. The molecule has 7 nitrogen and oxygen atoms in total. The van der Waals surface area contributed by atoms with E-state index in [1.807, 2.05) is 0 Å². The maximum atomic E-state index is 13.5. The second-order valence-corrected chi connectivity index (χ2v) is 7.98. The van der Waals surface area contributed by atoms with Gasteiger partial charge in [-0.1, -0.05) is 6.07 Å². The lowest BCUT2D eigenvalue weighted by molar-refractivity contribution is -0.150. The highest BCUT2D eigenvalue weighted by atomic mass is 19.1. The van der Waals surface area contributed by atoms with Crippen LogP contribution in [-0.2, 0) is 9.53 Å². The first kappa shape index (κ1) is 22.8. The number of carbonyl (C=O) groups excluding carboxylic acids is 1. The van der Waals surface area contributed by atoms with Crippen molar-refractivity contribution in [1.29, 1.82) is 0 Å². The third-order valence-electron chi connectivity index (χ3n) is 5.59. The first-order valence-corrected chi connectivity index (χ1v) is 11.0. The third-order valence-corrected chi connectivity index (χ3v) is 5.59. The molecule has 2 aromatic carbocycles. The molecule has 1 saturated carbocycles. The molecule has 0 saturated heterocycles. The summed E-state index contributed by atoms with van der Waals surface area (Å²) in [6.45, 7) is 0.211.